The van der Waals surface area contributed by atoms with Crippen molar-refractivity contribution in [3.05, 3.63) is 0 Å². The second kappa shape index (κ2) is 4.94. The molecule has 0 amide bonds. The van der Waals surface area contributed by atoms with E-state index in [1.165, 1.54) is 25.7 Å². The SMILES string of the molecule is C1COC(C[N]CC2CCCO2)C1. The molecular formula is C10H18NO2. The van der Waals surface area contributed by atoms with Crippen molar-refractivity contribution >= 4 is 0 Å². The molecule has 0 aromatic heterocycles. The van der Waals surface area contributed by atoms with Crippen LogP contribution in [0.3, 0.4) is 0 Å². The Bertz CT molecular complexity index is 124. The maximum atomic E-state index is 5.48. The van der Waals surface area contributed by atoms with Gasteiger partial charge in [0.1, 0.15) is 0 Å². The molecule has 0 N–H and O–H groups in total. The summed E-state index contributed by atoms with van der Waals surface area (Å²) in [4.78, 5) is 0. The molecule has 3 nitrogen and oxygen atoms in total. The Morgan fingerprint density at radius 3 is 1.85 bits per heavy atom. The largest absolute Gasteiger partial charge is 0.377 e. The molecule has 1 radical (unpaired) electrons. The van der Waals surface area contributed by atoms with Gasteiger partial charge in [-0.15, -0.1) is 0 Å². The molecule has 0 aromatic rings. The van der Waals surface area contributed by atoms with Gasteiger partial charge >= 0.3 is 0 Å². The summed E-state index contributed by atoms with van der Waals surface area (Å²) in [5.41, 5.74) is 0. The zero-order chi connectivity index (χ0) is 8.93. The minimum Gasteiger partial charge on any atom is -0.377 e. The Morgan fingerprint density at radius 2 is 1.46 bits per heavy atom. The maximum Gasteiger partial charge on any atom is 0.0717 e. The quantitative estimate of drug-likeness (QED) is 0.651. The van der Waals surface area contributed by atoms with Crippen LogP contribution in [0, 0.1) is 0 Å². The van der Waals surface area contributed by atoms with Crippen LogP contribution in [0.15, 0.2) is 0 Å². The Kier molecular flexibility index (Phi) is 3.58. The summed E-state index contributed by atoms with van der Waals surface area (Å²) in [6.07, 6.45) is 5.60. The standard InChI is InChI=1S/C10H18NO2/c1-3-9(12-5-1)7-11-8-10-4-2-6-13-10/h9-10H,1-8H2. The minimum absolute atomic E-state index is 0.404. The molecule has 2 heterocycles. The van der Waals surface area contributed by atoms with Gasteiger partial charge in [0.15, 0.2) is 0 Å². The van der Waals surface area contributed by atoms with Crippen LogP contribution in [0.1, 0.15) is 25.7 Å². The molecule has 2 unspecified atom stereocenters. The monoisotopic (exact) mass is 184 g/mol. The fourth-order valence-corrected chi connectivity index (χ4v) is 1.94. The molecule has 2 rings (SSSR count). The third-order valence-electron chi connectivity index (χ3n) is 2.71. The molecule has 0 saturated carbocycles. The van der Waals surface area contributed by atoms with Gasteiger partial charge in [-0.25, -0.2) is 5.32 Å². The van der Waals surface area contributed by atoms with E-state index in [0.29, 0.717) is 12.2 Å². The van der Waals surface area contributed by atoms with E-state index in [4.69, 9.17) is 9.47 Å². The summed E-state index contributed by atoms with van der Waals surface area (Å²) >= 11 is 0. The van der Waals surface area contributed by atoms with Gasteiger partial charge in [0.25, 0.3) is 0 Å². The van der Waals surface area contributed by atoms with Gasteiger partial charge < -0.3 is 9.47 Å². The first-order chi connectivity index (χ1) is 6.45. The second-order valence-electron chi connectivity index (χ2n) is 3.86. The Hall–Kier alpha value is -0.120. The summed E-state index contributed by atoms with van der Waals surface area (Å²) < 4.78 is 11.0. The van der Waals surface area contributed by atoms with Crippen molar-refractivity contribution < 1.29 is 9.47 Å². The van der Waals surface area contributed by atoms with E-state index in [0.717, 1.165) is 26.3 Å². The molecule has 2 saturated heterocycles. The summed E-state index contributed by atoms with van der Waals surface area (Å²) in [6, 6.07) is 0. The number of nitrogens with zero attached hydrogens (tertiary/aromatic N) is 1. The summed E-state index contributed by atoms with van der Waals surface area (Å²) in [6.45, 7) is 3.61. The van der Waals surface area contributed by atoms with Crippen LogP contribution >= 0.6 is 0 Å². The molecule has 75 valence electrons. The second-order valence-corrected chi connectivity index (χ2v) is 3.86. The number of hydrogen-bond donors (Lipinski definition) is 0. The summed E-state index contributed by atoms with van der Waals surface area (Å²) in [7, 11) is 0. The van der Waals surface area contributed by atoms with Gasteiger partial charge in [-0.3, -0.25) is 0 Å². The van der Waals surface area contributed by atoms with E-state index >= 15 is 0 Å². The van der Waals surface area contributed by atoms with E-state index in [9.17, 15) is 0 Å². The highest BCUT2D eigenvalue weighted by Crippen LogP contribution is 2.13. The first-order valence-electron chi connectivity index (χ1n) is 5.31. The van der Waals surface area contributed by atoms with E-state index in [2.05, 4.69) is 5.32 Å². The molecule has 0 bridgehead atoms. The normalized spacial score (nSPS) is 34.2. The van der Waals surface area contributed by atoms with Gasteiger partial charge in [0.05, 0.1) is 12.2 Å². The van der Waals surface area contributed by atoms with Crippen molar-refractivity contribution in [1.82, 2.24) is 5.32 Å². The van der Waals surface area contributed by atoms with Crippen LogP contribution in [-0.4, -0.2) is 38.5 Å². The molecule has 3 heteroatoms. The predicted octanol–water partition coefficient (Wildman–Crippen LogP) is 0.949. The van der Waals surface area contributed by atoms with Crippen LogP contribution < -0.4 is 5.32 Å². The van der Waals surface area contributed by atoms with Crippen molar-refractivity contribution in [2.24, 2.45) is 0 Å². The molecule has 2 aliphatic heterocycles. The third kappa shape index (κ3) is 2.93. The van der Waals surface area contributed by atoms with Crippen LogP contribution in [0.5, 0.6) is 0 Å². The first kappa shape index (κ1) is 9.44. The van der Waals surface area contributed by atoms with Crippen LogP contribution in [0.25, 0.3) is 0 Å². The Labute approximate surface area is 79.8 Å². The van der Waals surface area contributed by atoms with Gasteiger partial charge in [-0.1, -0.05) is 0 Å². The van der Waals surface area contributed by atoms with Crippen molar-refractivity contribution in [1.29, 1.82) is 0 Å². The first-order valence-corrected chi connectivity index (χ1v) is 5.31. The highest BCUT2D eigenvalue weighted by molar-refractivity contribution is 4.71. The molecule has 0 spiro atoms. The maximum absolute atomic E-state index is 5.48. The molecule has 2 aliphatic rings. The van der Waals surface area contributed by atoms with Crippen molar-refractivity contribution in [2.75, 3.05) is 26.3 Å². The minimum atomic E-state index is 0.404. The molecule has 2 atom stereocenters. The van der Waals surface area contributed by atoms with Crippen molar-refractivity contribution in [2.45, 2.75) is 37.9 Å². The van der Waals surface area contributed by atoms with E-state index in [-0.39, 0.29) is 0 Å². The van der Waals surface area contributed by atoms with Gasteiger partial charge in [0.2, 0.25) is 0 Å². The average molecular weight is 184 g/mol. The molecular weight excluding hydrogens is 166 g/mol. The Morgan fingerprint density at radius 1 is 0.923 bits per heavy atom. The van der Waals surface area contributed by atoms with Gasteiger partial charge in [-0.2, -0.15) is 0 Å². The molecule has 0 aromatic carbocycles. The summed E-state index contributed by atoms with van der Waals surface area (Å²) in [5.74, 6) is 0. The Balaban J connectivity index is 1.52. The van der Waals surface area contributed by atoms with E-state index in [1.807, 2.05) is 0 Å². The molecule has 2 fully saturated rings. The van der Waals surface area contributed by atoms with E-state index in [1.54, 1.807) is 0 Å². The van der Waals surface area contributed by atoms with Gasteiger partial charge in [0, 0.05) is 26.3 Å². The van der Waals surface area contributed by atoms with Crippen molar-refractivity contribution in [3.8, 4) is 0 Å². The molecule has 13 heavy (non-hydrogen) atoms. The number of rotatable bonds is 4. The van der Waals surface area contributed by atoms with Crippen molar-refractivity contribution in [3.63, 3.8) is 0 Å². The lowest BCUT2D eigenvalue weighted by molar-refractivity contribution is 0.0894. The lowest BCUT2D eigenvalue weighted by Gasteiger charge is -2.12. The fourth-order valence-electron chi connectivity index (χ4n) is 1.94. The smallest absolute Gasteiger partial charge is 0.0717 e. The van der Waals surface area contributed by atoms with Gasteiger partial charge in [-0.05, 0) is 25.7 Å². The van der Waals surface area contributed by atoms with Crippen LogP contribution in [0.4, 0.5) is 0 Å². The number of hydrogen-bond acceptors (Lipinski definition) is 2. The van der Waals surface area contributed by atoms with E-state index < -0.39 is 0 Å². The molecule has 0 aliphatic carbocycles. The highest BCUT2D eigenvalue weighted by atomic mass is 16.5. The zero-order valence-electron chi connectivity index (χ0n) is 8.08. The average Bonchev–Trinajstić information content (AvgIpc) is 2.75. The predicted molar refractivity (Wildman–Crippen MR) is 49.8 cm³/mol. The fraction of sp³-hybridized carbons (Fsp3) is 1.00. The summed E-state index contributed by atoms with van der Waals surface area (Å²) in [5, 5.41) is 4.49. The lowest BCUT2D eigenvalue weighted by atomic mass is 10.2. The van der Waals surface area contributed by atoms with Crippen LogP contribution in [0.2, 0.25) is 0 Å². The van der Waals surface area contributed by atoms with Crippen LogP contribution in [-0.2, 0) is 9.47 Å². The lowest BCUT2D eigenvalue weighted by Crippen LogP contribution is -2.27. The highest BCUT2D eigenvalue weighted by Gasteiger charge is 2.18. The topological polar surface area (TPSA) is 32.6 Å². The number of ether oxygens (including phenoxy) is 2. The third-order valence-corrected chi connectivity index (χ3v) is 2.71. The zero-order valence-corrected chi connectivity index (χ0v) is 8.08.